The van der Waals surface area contributed by atoms with E-state index in [-0.39, 0.29) is 0 Å². The maximum atomic E-state index is 5.53. The average molecular weight is 189 g/mol. The zero-order chi connectivity index (χ0) is 9.54. The molecule has 0 saturated carbocycles. The van der Waals surface area contributed by atoms with Crippen molar-refractivity contribution in [1.82, 2.24) is 5.06 Å². The molecule has 0 bridgehead atoms. The minimum absolute atomic E-state index is 0.885. The van der Waals surface area contributed by atoms with E-state index in [4.69, 9.17) is 9.25 Å². The fourth-order valence-electron chi connectivity index (χ4n) is 1.49. The van der Waals surface area contributed by atoms with E-state index in [9.17, 15) is 0 Å². The molecule has 14 heavy (non-hydrogen) atoms. The quantitative estimate of drug-likeness (QED) is 0.678. The summed E-state index contributed by atoms with van der Waals surface area (Å²) >= 11 is 0. The van der Waals surface area contributed by atoms with Crippen LogP contribution in [0, 0.1) is 6.92 Å². The van der Waals surface area contributed by atoms with Crippen molar-refractivity contribution in [3.63, 3.8) is 0 Å². The lowest BCUT2D eigenvalue weighted by Gasteiger charge is -2.03. The van der Waals surface area contributed by atoms with Gasteiger partial charge in [-0.1, -0.05) is 0 Å². The molecule has 2 aromatic rings. The van der Waals surface area contributed by atoms with Crippen LogP contribution in [0.15, 0.2) is 28.7 Å². The van der Waals surface area contributed by atoms with Gasteiger partial charge in [0.25, 0.3) is 0 Å². The van der Waals surface area contributed by atoms with Gasteiger partial charge in [-0.25, -0.2) is 0 Å². The van der Waals surface area contributed by atoms with Crippen molar-refractivity contribution >= 4 is 11.0 Å². The molecule has 1 aromatic heterocycles. The normalized spacial score (nSPS) is 16.1. The monoisotopic (exact) mass is 189 g/mol. The highest BCUT2D eigenvalue weighted by atomic mass is 16.7. The van der Waals surface area contributed by atoms with E-state index in [0.29, 0.717) is 0 Å². The first-order valence-electron chi connectivity index (χ1n) is 4.74. The fraction of sp³-hybridized carbons (Fsp3) is 0.273. The third kappa shape index (κ3) is 1.36. The lowest BCUT2D eigenvalue weighted by atomic mass is 10.2. The van der Waals surface area contributed by atoms with Gasteiger partial charge in [-0.15, -0.1) is 5.06 Å². The zero-order valence-corrected chi connectivity index (χ0v) is 7.99. The predicted octanol–water partition coefficient (Wildman–Crippen LogP) is 2.35. The van der Waals surface area contributed by atoms with Crippen LogP contribution in [0.2, 0.25) is 0 Å². The Kier molecular flexibility index (Phi) is 1.55. The molecule has 0 spiro atoms. The summed E-state index contributed by atoms with van der Waals surface area (Å²) in [5, 5.41) is 3.01. The first-order valence-corrected chi connectivity index (χ1v) is 4.74. The minimum Gasteiger partial charge on any atom is -0.461 e. The molecule has 1 aliphatic heterocycles. The Morgan fingerprint density at radius 2 is 2.14 bits per heavy atom. The first-order chi connectivity index (χ1) is 6.81. The van der Waals surface area contributed by atoms with E-state index in [1.54, 1.807) is 0 Å². The smallest absolute Gasteiger partial charge is 0.148 e. The number of hydrogen-bond donors (Lipinski definition) is 0. The molecule has 2 heterocycles. The lowest BCUT2D eigenvalue weighted by molar-refractivity contribution is 0.0695. The van der Waals surface area contributed by atoms with Crippen LogP contribution in [0.1, 0.15) is 5.76 Å². The van der Waals surface area contributed by atoms with Gasteiger partial charge in [0, 0.05) is 5.39 Å². The molecule has 3 nitrogen and oxygen atoms in total. The number of hydrogen-bond acceptors (Lipinski definition) is 3. The topological polar surface area (TPSA) is 25.4 Å². The molecule has 0 radical (unpaired) electrons. The van der Waals surface area contributed by atoms with Crippen LogP contribution in [0.25, 0.3) is 11.0 Å². The van der Waals surface area contributed by atoms with E-state index in [2.05, 4.69) is 0 Å². The van der Waals surface area contributed by atoms with Gasteiger partial charge in [-0.2, -0.15) is 0 Å². The van der Waals surface area contributed by atoms with Gasteiger partial charge in [0.2, 0.25) is 0 Å². The van der Waals surface area contributed by atoms with Crippen LogP contribution in [0.4, 0.5) is 0 Å². The van der Waals surface area contributed by atoms with Gasteiger partial charge >= 0.3 is 0 Å². The van der Waals surface area contributed by atoms with E-state index in [1.807, 2.05) is 36.3 Å². The Morgan fingerprint density at radius 1 is 1.29 bits per heavy atom. The predicted molar refractivity (Wildman–Crippen MR) is 53.2 cm³/mol. The van der Waals surface area contributed by atoms with Crippen molar-refractivity contribution in [3.8, 4) is 5.75 Å². The Bertz CT molecular complexity index is 471. The molecule has 1 saturated heterocycles. The second-order valence-electron chi connectivity index (χ2n) is 3.58. The van der Waals surface area contributed by atoms with Crippen molar-refractivity contribution in [2.45, 2.75) is 6.92 Å². The van der Waals surface area contributed by atoms with Crippen LogP contribution < -0.4 is 4.84 Å². The minimum atomic E-state index is 0.885. The number of nitrogens with zero attached hydrogens (tertiary/aromatic N) is 1. The van der Waals surface area contributed by atoms with Crippen LogP contribution in [-0.4, -0.2) is 18.2 Å². The molecule has 1 aromatic carbocycles. The van der Waals surface area contributed by atoms with Crippen molar-refractivity contribution in [2.75, 3.05) is 13.1 Å². The molecule has 0 unspecified atom stereocenters. The number of rotatable bonds is 2. The van der Waals surface area contributed by atoms with Crippen molar-refractivity contribution < 1.29 is 9.25 Å². The van der Waals surface area contributed by atoms with E-state index >= 15 is 0 Å². The molecule has 0 aliphatic carbocycles. The molecule has 0 atom stereocenters. The highest BCUT2D eigenvalue weighted by Gasteiger charge is 2.19. The number of furan rings is 1. The SMILES string of the molecule is Cc1cc2cc(ON3CC3)ccc2o1. The zero-order valence-electron chi connectivity index (χ0n) is 7.99. The van der Waals surface area contributed by atoms with Crippen molar-refractivity contribution in [2.24, 2.45) is 0 Å². The van der Waals surface area contributed by atoms with Gasteiger partial charge < -0.3 is 9.25 Å². The molecule has 3 rings (SSSR count). The number of benzene rings is 1. The van der Waals surface area contributed by atoms with Gasteiger partial charge in [0.15, 0.2) is 0 Å². The Labute approximate surface area is 81.8 Å². The summed E-state index contributed by atoms with van der Waals surface area (Å²) in [4.78, 5) is 5.53. The number of hydroxylamine groups is 2. The third-order valence-corrected chi connectivity index (χ3v) is 2.25. The van der Waals surface area contributed by atoms with E-state index in [0.717, 1.165) is 35.6 Å². The van der Waals surface area contributed by atoms with E-state index < -0.39 is 0 Å². The summed E-state index contributed by atoms with van der Waals surface area (Å²) in [6.07, 6.45) is 0. The standard InChI is InChI=1S/C11H11NO2/c1-8-6-9-7-10(14-12-4-5-12)2-3-11(9)13-8/h2-3,6-7H,4-5H2,1H3. The number of fused-ring (bicyclic) bond motifs is 1. The molecule has 3 heteroatoms. The Morgan fingerprint density at radius 3 is 2.93 bits per heavy atom. The third-order valence-electron chi connectivity index (χ3n) is 2.25. The maximum absolute atomic E-state index is 5.53. The molecule has 1 aliphatic rings. The van der Waals surface area contributed by atoms with Gasteiger partial charge in [0.05, 0.1) is 13.1 Å². The summed E-state index contributed by atoms with van der Waals surface area (Å²) < 4.78 is 5.47. The molecular formula is C11H11NO2. The highest BCUT2D eigenvalue weighted by Crippen LogP contribution is 2.25. The van der Waals surface area contributed by atoms with Crippen LogP contribution in [0.3, 0.4) is 0 Å². The lowest BCUT2D eigenvalue weighted by Crippen LogP contribution is -2.01. The van der Waals surface area contributed by atoms with Crippen molar-refractivity contribution in [3.05, 3.63) is 30.0 Å². The van der Waals surface area contributed by atoms with Gasteiger partial charge in [-0.3, -0.25) is 0 Å². The van der Waals surface area contributed by atoms with Gasteiger partial charge in [-0.05, 0) is 31.2 Å². The Balaban J connectivity index is 2.00. The largest absolute Gasteiger partial charge is 0.461 e. The summed E-state index contributed by atoms with van der Waals surface area (Å²) in [6.45, 7) is 4.01. The molecule has 0 amide bonds. The fourth-order valence-corrected chi connectivity index (χ4v) is 1.49. The average Bonchev–Trinajstić information content (AvgIpc) is 2.86. The van der Waals surface area contributed by atoms with Gasteiger partial charge in [0.1, 0.15) is 17.1 Å². The first kappa shape index (κ1) is 7.88. The number of aryl methyl sites for hydroxylation is 1. The van der Waals surface area contributed by atoms with E-state index in [1.165, 1.54) is 0 Å². The summed E-state index contributed by atoms with van der Waals surface area (Å²) in [5.74, 6) is 1.82. The molecule has 72 valence electrons. The summed E-state index contributed by atoms with van der Waals surface area (Å²) in [7, 11) is 0. The Hall–Kier alpha value is -1.48. The second kappa shape index (κ2) is 2.75. The molecular weight excluding hydrogens is 178 g/mol. The van der Waals surface area contributed by atoms with Crippen LogP contribution in [0.5, 0.6) is 5.75 Å². The molecule has 0 N–H and O–H groups in total. The molecule has 1 fully saturated rings. The highest BCUT2D eigenvalue weighted by molar-refractivity contribution is 5.79. The second-order valence-corrected chi connectivity index (χ2v) is 3.58. The maximum Gasteiger partial charge on any atom is 0.148 e. The summed E-state index contributed by atoms with van der Waals surface area (Å²) in [5.41, 5.74) is 0.917. The van der Waals surface area contributed by atoms with Crippen LogP contribution >= 0.6 is 0 Å². The van der Waals surface area contributed by atoms with Crippen LogP contribution in [-0.2, 0) is 0 Å². The van der Waals surface area contributed by atoms with Crippen molar-refractivity contribution in [1.29, 1.82) is 0 Å². The summed E-state index contributed by atoms with van der Waals surface area (Å²) in [6, 6.07) is 7.90.